The van der Waals surface area contributed by atoms with Crippen molar-refractivity contribution < 1.29 is 28.6 Å². The molecule has 0 bridgehead atoms. The van der Waals surface area contributed by atoms with Crippen molar-refractivity contribution in [3.8, 4) is 11.8 Å². The number of fused-ring (bicyclic) bond motifs is 7. The summed E-state index contributed by atoms with van der Waals surface area (Å²) in [5, 5.41) is 0. The van der Waals surface area contributed by atoms with Gasteiger partial charge in [0.05, 0.1) is 13.5 Å². The van der Waals surface area contributed by atoms with E-state index >= 15 is 0 Å². The Balaban J connectivity index is 1.27. The van der Waals surface area contributed by atoms with Gasteiger partial charge in [0.15, 0.2) is 0 Å². The van der Waals surface area contributed by atoms with Crippen LogP contribution in [0.15, 0.2) is 48.6 Å². The molecule has 52 heavy (non-hydrogen) atoms. The van der Waals surface area contributed by atoms with Crippen LogP contribution in [0.1, 0.15) is 130 Å². The molecule has 1 aromatic rings. The molecule has 5 unspecified atom stereocenters. The normalized spacial score (nSPS) is 38.5. The van der Waals surface area contributed by atoms with Crippen molar-refractivity contribution in [2.24, 2.45) is 56.7 Å². The predicted octanol–water partition coefficient (Wildman–Crippen LogP) is 9.79. The number of rotatable bonds is 7. The fourth-order valence-corrected chi connectivity index (χ4v) is 13.3. The summed E-state index contributed by atoms with van der Waals surface area (Å²) >= 11 is 0. The second-order valence-corrected chi connectivity index (χ2v) is 18.6. The van der Waals surface area contributed by atoms with E-state index in [0.717, 1.165) is 49.7 Å². The zero-order valence-electron chi connectivity index (χ0n) is 33.1. The minimum atomic E-state index is -0.566. The van der Waals surface area contributed by atoms with E-state index in [0.29, 0.717) is 29.6 Å². The van der Waals surface area contributed by atoms with E-state index in [1.54, 1.807) is 0 Å². The van der Waals surface area contributed by atoms with Crippen LogP contribution in [0.5, 0.6) is 0 Å². The number of ether oxygens (including phenoxy) is 3. The highest BCUT2D eigenvalue weighted by molar-refractivity contribution is 5.93. The van der Waals surface area contributed by atoms with Gasteiger partial charge in [0.25, 0.3) is 0 Å². The van der Waals surface area contributed by atoms with Crippen LogP contribution in [-0.4, -0.2) is 31.1 Å². The largest absolute Gasteiger partial charge is 0.466 e. The minimum Gasteiger partial charge on any atom is -0.466 e. The molecule has 282 valence electrons. The summed E-state index contributed by atoms with van der Waals surface area (Å²) in [7, 11) is 1.30. The predicted molar refractivity (Wildman–Crippen MR) is 203 cm³/mol. The monoisotopic (exact) mass is 710 g/mol. The molecule has 0 aromatic heterocycles. The van der Waals surface area contributed by atoms with Crippen LogP contribution >= 0.6 is 0 Å². The van der Waals surface area contributed by atoms with E-state index < -0.39 is 11.9 Å². The summed E-state index contributed by atoms with van der Waals surface area (Å²) < 4.78 is 16.3. The topological polar surface area (TPSA) is 78.9 Å². The average Bonchev–Trinajstić information content (AvgIpc) is 3.48. The fourth-order valence-electron chi connectivity index (χ4n) is 13.3. The zero-order chi connectivity index (χ0) is 37.9. The summed E-state index contributed by atoms with van der Waals surface area (Å²) in [5.74, 6) is 8.93. The lowest BCUT2D eigenvalue weighted by Crippen LogP contribution is -2.66. The summed E-state index contributed by atoms with van der Waals surface area (Å²) in [6, 6.07) is 8.10. The van der Waals surface area contributed by atoms with Crippen molar-refractivity contribution >= 4 is 17.9 Å². The first kappa shape index (κ1) is 38.4. The van der Waals surface area contributed by atoms with Gasteiger partial charge in [-0.25, -0.2) is 4.79 Å². The van der Waals surface area contributed by atoms with Gasteiger partial charge in [-0.3, -0.25) is 9.59 Å². The standard InChI is InChI=1S/C46H62O6/c1-29(2)34-18-24-46(23-17-32-13-11-12-14-33(32)28-51-31(4)47)26-25-44(8)35(40(34)46)15-16-37-43(7)21-20-38(52-39(48)27-30(3)41(49)50-10)42(5,6)36(43)19-22-45(37,44)9/h11-14,34-38,40H,1,3,15-16,18-22,24-28H2,2,4-10H3/t34-,35?,36?,37?,38?,40?,43-,44+,45+,46+/m0/s1. The molecule has 0 amide bonds. The molecular formula is C46H62O6. The molecule has 0 N–H and O–H groups in total. The first-order chi connectivity index (χ1) is 24.4. The lowest BCUT2D eigenvalue weighted by molar-refractivity contribution is -0.247. The van der Waals surface area contributed by atoms with Crippen LogP contribution in [0.2, 0.25) is 0 Å². The maximum absolute atomic E-state index is 13.0. The third-order valence-electron chi connectivity index (χ3n) is 16.0. The van der Waals surface area contributed by atoms with Crippen LogP contribution in [0, 0.1) is 68.5 Å². The molecule has 10 atom stereocenters. The third kappa shape index (κ3) is 6.16. The number of allylic oxidation sites excluding steroid dienone is 1. The second kappa shape index (κ2) is 13.8. The molecule has 5 aliphatic carbocycles. The maximum Gasteiger partial charge on any atom is 0.333 e. The number of benzene rings is 1. The Bertz CT molecular complexity index is 1690. The molecule has 1 aromatic carbocycles. The Morgan fingerprint density at radius 3 is 2.27 bits per heavy atom. The van der Waals surface area contributed by atoms with E-state index in [4.69, 9.17) is 14.2 Å². The molecular weight excluding hydrogens is 649 g/mol. The number of hydrogen-bond donors (Lipinski definition) is 0. The van der Waals surface area contributed by atoms with Crippen molar-refractivity contribution in [2.45, 2.75) is 132 Å². The first-order valence-corrected chi connectivity index (χ1v) is 19.8. The van der Waals surface area contributed by atoms with E-state index in [1.165, 1.54) is 45.3 Å². The third-order valence-corrected chi connectivity index (χ3v) is 16.0. The Hall–Kier alpha value is -3.33. The van der Waals surface area contributed by atoms with E-state index in [-0.39, 0.29) is 57.7 Å². The first-order valence-electron chi connectivity index (χ1n) is 19.8. The number of carbonyl (C=O) groups excluding carboxylic acids is 3. The molecule has 0 radical (unpaired) electrons. The molecule has 0 heterocycles. The smallest absolute Gasteiger partial charge is 0.333 e. The highest BCUT2D eigenvalue weighted by atomic mass is 16.5. The SMILES string of the molecule is C=C(CC(=O)OC1CC[C@@]2(C)C(CC[C@]3(C)C2CCC2C4[C@H](C(=C)C)CC[C@]4(C#Cc4ccccc4COC(C)=O)CC[C@]23C)C1(C)C)C(=O)OC. The highest BCUT2D eigenvalue weighted by Gasteiger charge is 2.71. The van der Waals surface area contributed by atoms with Gasteiger partial charge in [-0.2, -0.15) is 0 Å². The molecule has 5 aliphatic rings. The van der Waals surface area contributed by atoms with Gasteiger partial charge in [-0.05, 0) is 123 Å². The van der Waals surface area contributed by atoms with Crippen molar-refractivity contribution in [1.29, 1.82) is 0 Å². The summed E-state index contributed by atoms with van der Waals surface area (Å²) in [5.41, 5.74) is 3.65. The van der Waals surface area contributed by atoms with E-state index in [1.807, 2.05) is 18.2 Å². The molecule has 6 rings (SSSR count). The molecule has 5 saturated carbocycles. The van der Waals surface area contributed by atoms with Gasteiger partial charge in [-0.1, -0.05) is 83.4 Å². The van der Waals surface area contributed by atoms with Crippen molar-refractivity contribution in [2.75, 3.05) is 7.11 Å². The van der Waals surface area contributed by atoms with E-state index in [9.17, 15) is 14.4 Å². The van der Waals surface area contributed by atoms with Crippen LogP contribution in [0.4, 0.5) is 0 Å². The molecule has 6 heteroatoms. The van der Waals surface area contributed by atoms with Gasteiger partial charge in [0, 0.05) is 34.5 Å². The van der Waals surface area contributed by atoms with Gasteiger partial charge in [-0.15, -0.1) is 0 Å². The summed E-state index contributed by atoms with van der Waals surface area (Å²) in [6.45, 7) is 24.7. The molecule has 6 nitrogen and oxygen atoms in total. The molecule has 0 aliphatic heterocycles. The van der Waals surface area contributed by atoms with Gasteiger partial charge < -0.3 is 14.2 Å². The highest BCUT2D eigenvalue weighted by Crippen LogP contribution is 2.77. The Morgan fingerprint density at radius 1 is 0.846 bits per heavy atom. The molecule has 5 fully saturated rings. The van der Waals surface area contributed by atoms with Crippen molar-refractivity contribution in [3.05, 3.63) is 59.7 Å². The molecule has 0 spiro atoms. The Morgan fingerprint density at radius 2 is 1.58 bits per heavy atom. The fraction of sp³-hybridized carbons (Fsp3) is 0.674. The summed E-state index contributed by atoms with van der Waals surface area (Å²) in [4.78, 5) is 36.5. The van der Waals surface area contributed by atoms with Crippen LogP contribution in [-0.2, 0) is 35.2 Å². The van der Waals surface area contributed by atoms with Gasteiger partial charge in [0.2, 0.25) is 0 Å². The zero-order valence-corrected chi connectivity index (χ0v) is 33.1. The van der Waals surface area contributed by atoms with Crippen LogP contribution < -0.4 is 0 Å². The van der Waals surface area contributed by atoms with Crippen LogP contribution in [0.25, 0.3) is 0 Å². The molecule has 0 saturated heterocycles. The van der Waals surface area contributed by atoms with Crippen molar-refractivity contribution in [1.82, 2.24) is 0 Å². The Kier molecular flexibility index (Phi) is 10.2. The second-order valence-electron chi connectivity index (χ2n) is 18.6. The van der Waals surface area contributed by atoms with Gasteiger partial charge >= 0.3 is 17.9 Å². The van der Waals surface area contributed by atoms with Gasteiger partial charge in [0.1, 0.15) is 12.7 Å². The average molecular weight is 711 g/mol. The minimum absolute atomic E-state index is 0.0459. The number of hydrogen-bond acceptors (Lipinski definition) is 6. The number of esters is 3. The number of carbonyl (C=O) groups is 3. The summed E-state index contributed by atoms with van der Waals surface area (Å²) in [6.07, 6.45) is 10.8. The quantitative estimate of drug-likeness (QED) is 0.0922. The van der Waals surface area contributed by atoms with Crippen molar-refractivity contribution in [3.63, 3.8) is 0 Å². The maximum atomic E-state index is 13.0. The number of methoxy groups -OCH3 is 1. The lowest BCUT2D eigenvalue weighted by Gasteiger charge is -2.72. The Labute approximate surface area is 312 Å². The lowest BCUT2D eigenvalue weighted by atomic mass is 9.32. The van der Waals surface area contributed by atoms with E-state index in [2.05, 4.69) is 72.6 Å². The van der Waals surface area contributed by atoms with Crippen LogP contribution in [0.3, 0.4) is 0 Å².